The molecule has 4 aliphatic rings. The predicted molar refractivity (Wildman–Crippen MR) is 542 cm³/mol. The van der Waals surface area contributed by atoms with Crippen molar-refractivity contribution in [2.24, 2.45) is 23.7 Å². The number of carboxylic acids is 4. The normalized spacial score (nSPS) is 15.6. The van der Waals surface area contributed by atoms with E-state index in [1.807, 2.05) is 247 Å². The number of rotatable bonds is 21. The van der Waals surface area contributed by atoms with E-state index in [4.69, 9.17) is 4.74 Å². The van der Waals surface area contributed by atoms with Crippen LogP contribution in [0.15, 0.2) is 281 Å². The first-order valence-corrected chi connectivity index (χ1v) is 47.0. The van der Waals surface area contributed by atoms with Crippen LogP contribution >= 0.6 is 0 Å². The van der Waals surface area contributed by atoms with Gasteiger partial charge in [-0.1, -0.05) is 246 Å². The second-order valence-corrected chi connectivity index (χ2v) is 37.2. The van der Waals surface area contributed by atoms with Gasteiger partial charge < -0.3 is 63.0 Å². The number of pyridine rings is 5. The number of hydrogen-bond donors (Lipinski definition) is 4. The van der Waals surface area contributed by atoms with Crippen LogP contribution in [0.1, 0.15) is 128 Å². The molecule has 4 fully saturated rings. The van der Waals surface area contributed by atoms with Crippen LogP contribution in [0.5, 0.6) is 5.75 Å². The van der Waals surface area contributed by atoms with Gasteiger partial charge >= 0.3 is 23.9 Å². The summed E-state index contributed by atoms with van der Waals surface area (Å²) in [7, 11) is 1.46. The number of aromatic nitrogens is 5. The highest BCUT2D eigenvalue weighted by Gasteiger charge is 2.35. The average molecular weight is 1900 g/mol. The Morgan fingerprint density at radius 1 is 0.340 bits per heavy atom. The van der Waals surface area contributed by atoms with Gasteiger partial charge in [0.1, 0.15) is 50.9 Å². The third-order valence-corrected chi connectivity index (χ3v) is 27.1. The van der Waals surface area contributed by atoms with Crippen molar-refractivity contribution in [2.45, 2.75) is 93.4 Å². The van der Waals surface area contributed by atoms with Crippen LogP contribution in [-0.2, 0) is 26.2 Å². The van der Waals surface area contributed by atoms with Crippen molar-refractivity contribution in [3.8, 4) is 50.3 Å². The van der Waals surface area contributed by atoms with Gasteiger partial charge in [-0.3, -0.25) is 19.2 Å². The molecule has 0 spiro atoms. The summed E-state index contributed by atoms with van der Waals surface area (Å²) in [4.78, 5) is 111. The molecule has 4 unspecified atom stereocenters. The van der Waals surface area contributed by atoms with Gasteiger partial charge in [0.15, 0.2) is 29.0 Å². The number of methoxy groups -OCH3 is 1. The molecule has 4 aliphatic heterocycles. The minimum Gasteiger partial charge on any atom is -0.492 e. The van der Waals surface area contributed by atoms with Crippen LogP contribution in [0.3, 0.4) is 0 Å². The van der Waals surface area contributed by atoms with Gasteiger partial charge in [-0.15, -0.1) is 0 Å². The lowest BCUT2D eigenvalue weighted by Crippen LogP contribution is -2.25. The molecule has 22 nitrogen and oxygen atoms in total. The molecular weight excluding hydrogens is 1800 g/mol. The van der Waals surface area contributed by atoms with Crippen molar-refractivity contribution in [3.05, 3.63) is 387 Å². The maximum atomic E-state index is 15.9. The topological polar surface area (TPSA) is 272 Å². The fourth-order valence-corrected chi connectivity index (χ4v) is 19.8. The van der Waals surface area contributed by atoms with Crippen LogP contribution in [0.25, 0.3) is 88.2 Å². The zero-order valence-electron chi connectivity index (χ0n) is 78.8. The molecule has 5 aromatic heterocycles. The van der Waals surface area contributed by atoms with Crippen LogP contribution in [0.2, 0.25) is 0 Å². The van der Waals surface area contributed by atoms with E-state index < -0.39 is 91.4 Å². The fraction of sp³-hybridized carbons (Fsp3) is 0.237. The standard InChI is InChI=1S/C30H29FN2O4.C29H27FN2O3.C28H24F2N2O3.C27H24FN3O3/c1-18-13-14-32(15-18)27-25(31)19(2)24-26(29(27)37-3)33(17-23(28(24)34)30(35)36)16-20-9-11-22(12-10-20)21-7-5-4-6-8-21;1-18-12-13-31(15-18)27-19(2)26-23(14-25(27)30)28(33)24(29(34)35)17-32(26)16-20-8-10-22(11-9-20)21-6-4-3-5-7-21;1-17-11-12-31(14-17)26-23(29)13-21-25(24(26)30)32(16-22(27(21)33)28(34)35)15-18-7-9-20(10-8-18)19-5-3-2-4-6-19;1-17-11-12-30(14-17)26-23(28)13-21-24(32)22(27(33)34)16-31(25(21)29-26)15-18-7-9-20(10-8-18)19-5-3-2-4-6-19/h4-12,17-18H,13-16H2,1-3H3,(H,35,36);3-11,14,17-18H,12-13,15-16H2,1-2H3,(H,34,35);2-10,13,16-17H,11-12,14-15H2,1H3,(H,34,35);2-10,13,16-17H,11-12,14-15H2,1H3,(H,33,34). The van der Waals surface area contributed by atoms with E-state index in [9.17, 15) is 63.2 Å². The number of nitrogens with zero attached hydrogens (tertiary/aromatic N) is 9. The van der Waals surface area contributed by atoms with Crippen molar-refractivity contribution in [3.63, 3.8) is 0 Å². The molecular formula is C114H104F5N9O13. The molecule has 0 aliphatic carbocycles. The quantitative estimate of drug-likeness (QED) is 0.0487. The lowest BCUT2D eigenvalue weighted by atomic mass is 10.0. The Bertz CT molecular complexity index is 7540. The van der Waals surface area contributed by atoms with Gasteiger partial charge in [0, 0.05) is 114 Å². The second-order valence-electron chi connectivity index (χ2n) is 37.2. The van der Waals surface area contributed by atoms with Crippen LogP contribution in [-0.4, -0.2) is 127 Å². The summed E-state index contributed by atoms with van der Waals surface area (Å²) < 4.78 is 89.3. The molecule has 0 amide bonds. The number of carboxylic acid groups (broad SMARTS) is 4. The number of aromatic carboxylic acids is 4. The molecule has 141 heavy (non-hydrogen) atoms. The Balaban J connectivity index is 0.000000130. The Labute approximate surface area is 808 Å². The number of hydrogen-bond acceptors (Lipinski definition) is 14. The Kier molecular flexibility index (Phi) is 28.3. The van der Waals surface area contributed by atoms with Gasteiger partial charge in [-0.25, -0.2) is 46.1 Å². The van der Waals surface area contributed by atoms with Crippen LogP contribution in [0, 0.1) is 66.6 Å². The second kappa shape index (κ2) is 41.3. The highest BCUT2D eigenvalue weighted by Crippen LogP contribution is 2.44. The number of ether oxygens (including phenoxy) is 1. The Morgan fingerprint density at radius 2 is 0.638 bits per heavy atom. The molecule has 16 aromatic rings. The molecule has 27 heteroatoms. The maximum absolute atomic E-state index is 15.9. The average Bonchev–Trinajstić information content (AvgIpc) is 0.909. The van der Waals surface area contributed by atoms with Gasteiger partial charge in [0.05, 0.1) is 45.5 Å². The van der Waals surface area contributed by atoms with E-state index >= 15 is 17.6 Å². The van der Waals surface area contributed by atoms with Gasteiger partial charge in [0.25, 0.3) is 0 Å². The smallest absolute Gasteiger partial charge is 0.341 e. The zero-order valence-corrected chi connectivity index (χ0v) is 78.8. The monoisotopic (exact) mass is 1900 g/mol. The predicted octanol–water partition coefficient (Wildman–Crippen LogP) is 21.8. The first kappa shape index (κ1) is 96.6. The molecule has 4 atom stereocenters. The number of anilines is 4. The van der Waals surface area contributed by atoms with E-state index in [1.54, 1.807) is 18.6 Å². The number of benzene rings is 11. The molecule has 0 radical (unpaired) electrons. The van der Waals surface area contributed by atoms with Crippen molar-refractivity contribution < 1.29 is 66.3 Å². The molecule has 4 saturated heterocycles. The molecule has 9 heterocycles. The molecule has 11 aromatic carbocycles. The summed E-state index contributed by atoms with van der Waals surface area (Å²) >= 11 is 0. The van der Waals surface area contributed by atoms with Gasteiger partial charge in [-0.2, -0.15) is 0 Å². The van der Waals surface area contributed by atoms with Crippen molar-refractivity contribution in [1.29, 1.82) is 0 Å². The lowest BCUT2D eigenvalue weighted by molar-refractivity contribution is 0.0684. The Hall–Kier alpha value is -16.1. The lowest BCUT2D eigenvalue weighted by Gasteiger charge is -2.26. The third kappa shape index (κ3) is 20.2. The van der Waals surface area contributed by atoms with Gasteiger partial charge in [-0.05, 0) is 154 Å². The highest BCUT2D eigenvalue weighted by molar-refractivity contribution is 6.00. The fourth-order valence-electron chi connectivity index (χ4n) is 19.8. The maximum Gasteiger partial charge on any atom is 0.341 e. The zero-order chi connectivity index (χ0) is 99.5. The summed E-state index contributed by atoms with van der Waals surface area (Å²) in [6.07, 6.45) is 8.85. The van der Waals surface area contributed by atoms with E-state index in [0.717, 1.165) is 124 Å². The van der Waals surface area contributed by atoms with Crippen LogP contribution in [0.4, 0.5) is 44.8 Å². The first-order valence-electron chi connectivity index (χ1n) is 47.0. The van der Waals surface area contributed by atoms with E-state index in [-0.39, 0.29) is 74.2 Å². The number of aryl methyl sites for hydroxylation is 2. The molecule has 20 rings (SSSR count). The van der Waals surface area contributed by atoms with Crippen molar-refractivity contribution in [1.82, 2.24) is 23.3 Å². The molecule has 4 N–H and O–H groups in total. The Morgan fingerprint density at radius 3 is 1.00 bits per heavy atom. The molecule has 0 saturated carbocycles. The number of carbonyl (C=O) groups is 4. The number of fused-ring (bicyclic) bond motifs is 4. The van der Waals surface area contributed by atoms with E-state index in [2.05, 4.69) is 25.8 Å². The van der Waals surface area contributed by atoms with Crippen LogP contribution < -0.4 is 46.1 Å². The van der Waals surface area contributed by atoms with Crippen molar-refractivity contribution in [2.75, 3.05) is 79.1 Å². The first-order chi connectivity index (χ1) is 67.9. The highest BCUT2D eigenvalue weighted by atomic mass is 19.1. The van der Waals surface area contributed by atoms with Crippen molar-refractivity contribution >= 4 is 90.5 Å². The molecule has 0 bridgehead atoms. The summed E-state index contributed by atoms with van der Waals surface area (Å²) in [6, 6.07) is 74.7. The minimum absolute atomic E-state index is 0.0331. The number of halogens is 5. The summed E-state index contributed by atoms with van der Waals surface area (Å²) in [5.41, 5.74) is 9.98. The van der Waals surface area contributed by atoms with E-state index in [1.165, 1.54) is 43.3 Å². The SMILES string of the molecule is CC1CCN(c2c(F)cc3c(=O)c(C(=O)O)cn(Cc4ccc(-c5ccccc5)cc4)c3c2F)C1.CC1CCN(c2nc3c(cc2F)c(=O)c(C(=O)O)cn3Cc2ccc(-c3ccccc3)cc2)C1.COc1c(N2CCC(C)C2)c(F)c(C)c2c(=O)c(C(=O)O)cn(Cc3ccc(-c4ccccc4)cc3)c12.Cc1c(N2CCC(C)C2)c(F)cc2c(=O)c(C(=O)O)cn(Cc3ccc(-c4ccccc4)cc3)c12. The van der Waals surface area contributed by atoms with E-state index in [0.29, 0.717) is 104 Å². The molecule has 718 valence electrons. The third-order valence-electron chi connectivity index (χ3n) is 27.1. The minimum atomic E-state index is -1.44. The summed E-state index contributed by atoms with van der Waals surface area (Å²) in [5, 5.41) is 38.4. The summed E-state index contributed by atoms with van der Waals surface area (Å²) in [6.45, 7) is 18.0. The van der Waals surface area contributed by atoms with Gasteiger partial charge in [0.2, 0.25) is 21.7 Å². The summed E-state index contributed by atoms with van der Waals surface area (Å²) in [5.74, 6) is -6.76. The largest absolute Gasteiger partial charge is 0.492 e.